The van der Waals surface area contributed by atoms with Gasteiger partial charge in [-0.2, -0.15) is 5.26 Å². The van der Waals surface area contributed by atoms with Crippen molar-refractivity contribution in [2.75, 3.05) is 26.3 Å². The number of carbonyl (C=O) groups excluding carboxylic acids is 1. The van der Waals surface area contributed by atoms with Gasteiger partial charge in [0.05, 0.1) is 31.2 Å². The van der Waals surface area contributed by atoms with Gasteiger partial charge in [-0.1, -0.05) is 6.07 Å². The molecule has 1 aliphatic carbocycles. The van der Waals surface area contributed by atoms with Crippen LogP contribution in [0.1, 0.15) is 31.5 Å². The number of rotatable bonds is 6. The maximum atomic E-state index is 13.7. The Kier molecular flexibility index (Phi) is 6.29. The van der Waals surface area contributed by atoms with E-state index in [9.17, 15) is 14.9 Å². The molecular formula is C23H25N5O3S2. The normalized spacial score (nSPS) is 18.4. The number of hydrogen-bond donors (Lipinski definition) is 1. The van der Waals surface area contributed by atoms with Crippen LogP contribution in [0, 0.1) is 11.3 Å². The van der Waals surface area contributed by atoms with Gasteiger partial charge in [0.15, 0.2) is 0 Å². The van der Waals surface area contributed by atoms with E-state index >= 15 is 0 Å². The second-order valence-corrected chi connectivity index (χ2v) is 10.4. The van der Waals surface area contributed by atoms with Crippen molar-refractivity contribution in [3.05, 3.63) is 39.1 Å². The van der Waals surface area contributed by atoms with Gasteiger partial charge in [-0.05, 0) is 37.1 Å². The van der Waals surface area contributed by atoms with Crippen LogP contribution in [0.4, 0.5) is 0 Å². The number of carbonyl (C=O) groups is 1. The van der Waals surface area contributed by atoms with Gasteiger partial charge < -0.3 is 10.1 Å². The summed E-state index contributed by atoms with van der Waals surface area (Å²) in [6.45, 7) is 3.10. The van der Waals surface area contributed by atoms with Crippen molar-refractivity contribution in [2.24, 2.45) is 0 Å². The lowest BCUT2D eigenvalue weighted by Crippen LogP contribution is -2.47. The van der Waals surface area contributed by atoms with Crippen LogP contribution >= 0.6 is 22.7 Å². The van der Waals surface area contributed by atoms with Crippen molar-refractivity contribution < 1.29 is 9.53 Å². The number of nitrogens with zero attached hydrogens (tertiary/aromatic N) is 4. The number of fused-ring (bicyclic) bond motifs is 1. The highest BCUT2D eigenvalue weighted by Gasteiger charge is 2.35. The summed E-state index contributed by atoms with van der Waals surface area (Å²) >= 11 is 3.03. The van der Waals surface area contributed by atoms with Crippen molar-refractivity contribution in [3.63, 3.8) is 0 Å². The molecule has 0 aromatic carbocycles. The number of ether oxygens (including phenoxy) is 1. The van der Waals surface area contributed by atoms with E-state index in [2.05, 4.69) is 16.3 Å². The summed E-state index contributed by atoms with van der Waals surface area (Å²) in [5, 5.41) is 17.1. The lowest BCUT2D eigenvalue weighted by atomic mass is 10.00. The first-order chi connectivity index (χ1) is 16.1. The SMILES string of the molecule is N#CC1(NC(=O)Cn2c(CN3CCOCC3)nc3scc(-c4cccs4)c3c2=O)CCCC1. The number of morpholine rings is 1. The molecule has 0 unspecified atom stereocenters. The molecule has 2 fully saturated rings. The maximum absolute atomic E-state index is 13.7. The van der Waals surface area contributed by atoms with Crippen LogP contribution in [-0.4, -0.2) is 52.2 Å². The number of thiophene rings is 2. The molecule has 0 radical (unpaired) electrons. The van der Waals surface area contributed by atoms with Crippen molar-refractivity contribution in [1.29, 1.82) is 5.26 Å². The fourth-order valence-electron chi connectivity index (χ4n) is 4.62. The van der Waals surface area contributed by atoms with E-state index in [0.29, 0.717) is 48.6 Å². The molecule has 10 heteroatoms. The summed E-state index contributed by atoms with van der Waals surface area (Å²) in [6, 6.07) is 6.23. The van der Waals surface area contributed by atoms with Crippen molar-refractivity contribution in [1.82, 2.24) is 19.8 Å². The smallest absolute Gasteiger partial charge is 0.263 e. The van der Waals surface area contributed by atoms with E-state index in [1.165, 1.54) is 15.9 Å². The predicted molar refractivity (Wildman–Crippen MR) is 128 cm³/mol. The van der Waals surface area contributed by atoms with Gasteiger partial charge in [0.1, 0.15) is 22.7 Å². The average molecular weight is 484 g/mol. The van der Waals surface area contributed by atoms with Gasteiger partial charge in [-0.25, -0.2) is 4.98 Å². The molecular weight excluding hydrogens is 458 g/mol. The van der Waals surface area contributed by atoms with Gasteiger partial charge in [0.2, 0.25) is 5.91 Å². The Morgan fingerprint density at radius 3 is 2.76 bits per heavy atom. The molecule has 1 amide bonds. The van der Waals surface area contributed by atoms with Gasteiger partial charge in [0, 0.05) is 28.9 Å². The van der Waals surface area contributed by atoms with Crippen LogP contribution in [-0.2, 0) is 22.6 Å². The molecule has 33 heavy (non-hydrogen) atoms. The Balaban J connectivity index is 1.53. The number of amides is 1. The summed E-state index contributed by atoms with van der Waals surface area (Å²) in [7, 11) is 0. The molecule has 1 saturated carbocycles. The summed E-state index contributed by atoms with van der Waals surface area (Å²) in [6.07, 6.45) is 3.13. The average Bonchev–Trinajstić information content (AvgIpc) is 3.58. The number of nitrogens with one attached hydrogen (secondary N) is 1. The molecule has 5 rings (SSSR count). The van der Waals surface area contributed by atoms with Crippen LogP contribution in [0.2, 0.25) is 0 Å². The van der Waals surface area contributed by atoms with Gasteiger partial charge >= 0.3 is 0 Å². The predicted octanol–water partition coefficient (Wildman–Crippen LogP) is 2.97. The van der Waals surface area contributed by atoms with Crippen molar-refractivity contribution in [3.8, 4) is 16.5 Å². The first-order valence-corrected chi connectivity index (χ1v) is 12.9. The molecule has 3 aromatic heterocycles. The molecule has 0 spiro atoms. The minimum absolute atomic E-state index is 0.148. The van der Waals surface area contributed by atoms with Crippen LogP contribution in [0.3, 0.4) is 0 Å². The van der Waals surface area contributed by atoms with E-state index in [4.69, 9.17) is 9.72 Å². The Hall–Kier alpha value is -2.58. The Labute approximate surface area is 199 Å². The van der Waals surface area contributed by atoms with Crippen molar-refractivity contribution in [2.45, 2.75) is 44.3 Å². The third-order valence-electron chi connectivity index (χ3n) is 6.38. The van der Waals surface area contributed by atoms with E-state index in [1.807, 2.05) is 22.9 Å². The first-order valence-electron chi connectivity index (χ1n) is 11.2. The molecule has 8 nitrogen and oxygen atoms in total. The highest BCUT2D eigenvalue weighted by molar-refractivity contribution is 7.18. The number of nitriles is 1. The Morgan fingerprint density at radius 1 is 1.27 bits per heavy atom. The molecule has 1 aliphatic heterocycles. The van der Waals surface area contributed by atoms with Crippen LogP contribution in [0.25, 0.3) is 20.7 Å². The second kappa shape index (κ2) is 9.35. The summed E-state index contributed by atoms with van der Waals surface area (Å²) in [4.78, 5) is 35.5. The van der Waals surface area contributed by atoms with E-state index in [-0.39, 0.29) is 18.0 Å². The minimum atomic E-state index is -0.826. The summed E-state index contributed by atoms with van der Waals surface area (Å²) in [5.41, 5.74) is -0.174. The van der Waals surface area contributed by atoms with Crippen molar-refractivity contribution >= 4 is 38.8 Å². The quantitative estimate of drug-likeness (QED) is 0.579. The highest BCUT2D eigenvalue weighted by Crippen LogP contribution is 2.34. The summed E-state index contributed by atoms with van der Waals surface area (Å²) < 4.78 is 6.94. The van der Waals surface area contributed by atoms with Crippen LogP contribution < -0.4 is 10.9 Å². The zero-order valence-corrected chi connectivity index (χ0v) is 19.8. The van der Waals surface area contributed by atoms with Crippen LogP contribution in [0.15, 0.2) is 27.7 Å². The van der Waals surface area contributed by atoms with Gasteiger partial charge in [-0.3, -0.25) is 19.1 Å². The monoisotopic (exact) mass is 483 g/mol. The van der Waals surface area contributed by atoms with Gasteiger partial charge in [0.25, 0.3) is 5.56 Å². The van der Waals surface area contributed by atoms with Gasteiger partial charge in [-0.15, -0.1) is 22.7 Å². The minimum Gasteiger partial charge on any atom is -0.379 e. The Bertz CT molecular complexity index is 1250. The second-order valence-electron chi connectivity index (χ2n) is 8.56. The topological polar surface area (TPSA) is 100 Å². The molecule has 2 aliphatic rings. The number of aromatic nitrogens is 2. The molecule has 172 valence electrons. The zero-order chi connectivity index (χ0) is 22.8. The molecule has 0 atom stereocenters. The fourth-order valence-corrected chi connectivity index (χ4v) is 6.39. The molecule has 1 saturated heterocycles. The fraction of sp³-hybridized carbons (Fsp3) is 0.478. The Morgan fingerprint density at radius 2 is 2.06 bits per heavy atom. The third kappa shape index (κ3) is 4.46. The summed E-state index contributed by atoms with van der Waals surface area (Å²) in [5.74, 6) is 0.249. The molecule has 1 N–H and O–H groups in total. The lowest BCUT2D eigenvalue weighted by Gasteiger charge is -2.27. The third-order valence-corrected chi connectivity index (χ3v) is 8.16. The molecule has 3 aromatic rings. The highest BCUT2D eigenvalue weighted by atomic mass is 32.1. The number of hydrogen-bond acceptors (Lipinski definition) is 8. The standard InChI is InChI=1S/C23H25N5O3S2/c24-15-23(5-1-2-6-23)26-19(29)13-28-18(12-27-7-9-31-10-8-27)25-21-20(22(28)30)16(14-33-21)17-4-3-11-32-17/h3-4,11,14H,1-2,5-10,12-13H2,(H,26,29). The molecule has 4 heterocycles. The van der Waals surface area contributed by atoms with Crippen LogP contribution in [0.5, 0.6) is 0 Å². The lowest BCUT2D eigenvalue weighted by molar-refractivity contribution is -0.123. The zero-order valence-electron chi connectivity index (χ0n) is 18.2. The van der Waals surface area contributed by atoms with E-state index in [0.717, 1.165) is 36.4 Å². The largest absolute Gasteiger partial charge is 0.379 e. The van der Waals surface area contributed by atoms with E-state index < -0.39 is 5.54 Å². The molecule has 0 bridgehead atoms. The van der Waals surface area contributed by atoms with E-state index in [1.54, 1.807) is 11.3 Å². The maximum Gasteiger partial charge on any atom is 0.263 e. The first kappa shape index (κ1) is 22.2.